The standard InChI is InChI=1S/C21H21N3O3S2/c1-12(22-10-13-6-7-15(26-2)16(9-13)27-3)19-23-20(25)18-14(11-29-21(18)24-19)17-5-4-8-28-17/h4-9,11-12,22H,10H2,1-3H3,(H,23,24,25). The number of hydrogen-bond acceptors (Lipinski definition) is 7. The van der Waals surface area contributed by atoms with Gasteiger partial charge in [0.25, 0.3) is 5.56 Å². The van der Waals surface area contributed by atoms with Gasteiger partial charge in [0.1, 0.15) is 10.7 Å². The van der Waals surface area contributed by atoms with Crippen molar-refractivity contribution >= 4 is 32.9 Å². The summed E-state index contributed by atoms with van der Waals surface area (Å²) in [4.78, 5) is 22.3. The predicted octanol–water partition coefficient (Wildman–Crippen LogP) is 4.58. The predicted molar refractivity (Wildman–Crippen MR) is 118 cm³/mol. The van der Waals surface area contributed by atoms with Gasteiger partial charge < -0.3 is 19.8 Å². The van der Waals surface area contributed by atoms with Crippen molar-refractivity contribution in [2.45, 2.75) is 19.5 Å². The lowest BCUT2D eigenvalue weighted by atomic mass is 10.2. The van der Waals surface area contributed by atoms with Crippen molar-refractivity contribution < 1.29 is 9.47 Å². The van der Waals surface area contributed by atoms with Gasteiger partial charge in [0.15, 0.2) is 11.5 Å². The molecule has 0 fully saturated rings. The summed E-state index contributed by atoms with van der Waals surface area (Å²) >= 11 is 3.12. The molecule has 1 aromatic carbocycles. The minimum absolute atomic E-state index is 0.102. The number of fused-ring (bicyclic) bond motifs is 1. The third kappa shape index (κ3) is 3.91. The number of nitrogens with zero attached hydrogens (tertiary/aromatic N) is 1. The van der Waals surface area contributed by atoms with Crippen molar-refractivity contribution in [3.05, 3.63) is 62.8 Å². The molecule has 0 bridgehead atoms. The molecular weight excluding hydrogens is 406 g/mol. The summed E-state index contributed by atoms with van der Waals surface area (Å²) in [5.41, 5.74) is 1.90. The minimum Gasteiger partial charge on any atom is -0.493 e. The van der Waals surface area contributed by atoms with E-state index in [4.69, 9.17) is 14.5 Å². The highest BCUT2D eigenvalue weighted by Crippen LogP contribution is 2.33. The molecule has 1 unspecified atom stereocenters. The molecule has 150 valence electrons. The Morgan fingerprint density at radius 3 is 2.72 bits per heavy atom. The molecular formula is C21H21N3O3S2. The van der Waals surface area contributed by atoms with Crippen LogP contribution >= 0.6 is 22.7 Å². The van der Waals surface area contributed by atoms with Gasteiger partial charge in [-0.05, 0) is 36.1 Å². The summed E-state index contributed by atoms with van der Waals surface area (Å²) in [6.07, 6.45) is 0. The largest absolute Gasteiger partial charge is 0.493 e. The van der Waals surface area contributed by atoms with Crippen molar-refractivity contribution in [3.63, 3.8) is 0 Å². The van der Waals surface area contributed by atoms with Gasteiger partial charge in [-0.25, -0.2) is 4.98 Å². The van der Waals surface area contributed by atoms with E-state index < -0.39 is 0 Å². The van der Waals surface area contributed by atoms with Gasteiger partial charge in [-0.1, -0.05) is 12.1 Å². The molecule has 29 heavy (non-hydrogen) atoms. The molecule has 0 saturated heterocycles. The van der Waals surface area contributed by atoms with E-state index in [1.807, 2.05) is 48.0 Å². The summed E-state index contributed by atoms with van der Waals surface area (Å²) in [6, 6.07) is 9.68. The van der Waals surface area contributed by atoms with E-state index >= 15 is 0 Å². The highest BCUT2D eigenvalue weighted by Gasteiger charge is 2.16. The summed E-state index contributed by atoms with van der Waals surface area (Å²) in [5, 5.41) is 8.08. The zero-order chi connectivity index (χ0) is 20.4. The third-order valence-electron chi connectivity index (χ3n) is 4.72. The Kier molecular flexibility index (Phi) is 5.66. The molecule has 0 saturated carbocycles. The average Bonchev–Trinajstić information content (AvgIpc) is 3.41. The van der Waals surface area contributed by atoms with Gasteiger partial charge in [0.05, 0.1) is 25.6 Å². The second-order valence-corrected chi connectivity index (χ2v) is 8.36. The summed E-state index contributed by atoms with van der Waals surface area (Å²) in [7, 11) is 3.23. The van der Waals surface area contributed by atoms with Crippen LogP contribution in [0.15, 0.2) is 45.9 Å². The van der Waals surface area contributed by atoms with E-state index in [0.29, 0.717) is 29.3 Å². The van der Waals surface area contributed by atoms with Crippen LogP contribution in [0.3, 0.4) is 0 Å². The molecule has 2 N–H and O–H groups in total. The smallest absolute Gasteiger partial charge is 0.260 e. The SMILES string of the molecule is COc1ccc(CNC(C)c2nc3scc(-c4cccs4)c3c(=O)[nH]2)cc1OC. The lowest BCUT2D eigenvalue weighted by Gasteiger charge is -2.14. The second-order valence-electron chi connectivity index (χ2n) is 6.55. The van der Waals surface area contributed by atoms with Crippen LogP contribution in [-0.4, -0.2) is 24.2 Å². The topological polar surface area (TPSA) is 76.2 Å². The fourth-order valence-corrected chi connectivity index (χ4v) is 4.91. The van der Waals surface area contributed by atoms with E-state index in [1.165, 1.54) is 11.3 Å². The van der Waals surface area contributed by atoms with Gasteiger partial charge in [-0.15, -0.1) is 22.7 Å². The molecule has 0 spiro atoms. The molecule has 0 radical (unpaired) electrons. The Hall–Kier alpha value is -2.68. The molecule has 4 rings (SSSR count). The van der Waals surface area contributed by atoms with Gasteiger partial charge in [0, 0.05) is 22.4 Å². The molecule has 0 aliphatic carbocycles. The summed E-state index contributed by atoms with van der Waals surface area (Å²) in [6.45, 7) is 2.59. The van der Waals surface area contributed by atoms with Crippen molar-refractivity contribution in [3.8, 4) is 21.9 Å². The van der Waals surface area contributed by atoms with Crippen LogP contribution in [-0.2, 0) is 6.54 Å². The van der Waals surface area contributed by atoms with Crippen LogP contribution in [0.5, 0.6) is 11.5 Å². The van der Waals surface area contributed by atoms with Gasteiger partial charge in [-0.2, -0.15) is 0 Å². The van der Waals surface area contributed by atoms with E-state index in [-0.39, 0.29) is 11.6 Å². The maximum Gasteiger partial charge on any atom is 0.260 e. The molecule has 0 aliphatic rings. The number of rotatable bonds is 7. The zero-order valence-electron chi connectivity index (χ0n) is 16.3. The third-order valence-corrected chi connectivity index (χ3v) is 6.49. The lowest BCUT2D eigenvalue weighted by molar-refractivity contribution is 0.354. The Morgan fingerprint density at radius 2 is 2.00 bits per heavy atom. The van der Waals surface area contributed by atoms with Crippen LogP contribution in [0.4, 0.5) is 0 Å². The molecule has 3 heterocycles. The number of hydrogen-bond donors (Lipinski definition) is 2. The Morgan fingerprint density at radius 1 is 1.17 bits per heavy atom. The summed E-state index contributed by atoms with van der Waals surface area (Å²) in [5.74, 6) is 2.01. The number of benzene rings is 1. The van der Waals surface area contributed by atoms with Crippen LogP contribution in [0, 0.1) is 0 Å². The highest BCUT2D eigenvalue weighted by molar-refractivity contribution is 7.18. The van der Waals surface area contributed by atoms with Crippen LogP contribution in [0.2, 0.25) is 0 Å². The van der Waals surface area contributed by atoms with Gasteiger partial charge in [-0.3, -0.25) is 4.79 Å². The van der Waals surface area contributed by atoms with Crippen molar-refractivity contribution in [2.75, 3.05) is 14.2 Å². The van der Waals surface area contributed by atoms with E-state index in [1.54, 1.807) is 25.6 Å². The normalized spacial score (nSPS) is 12.2. The monoisotopic (exact) mass is 427 g/mol. The fourth-order valence-electron chi connectivity index (χ4n) is 3.14. The minimum atomic E-state index is -0.118. The molecule has 0 amide bonds. The number of aromatic amines is 1. The first-order chi connectivity index (χ1) is 14.1. The number of thiophene rings is 2. The molecule has 4 aromatic rings. The molecule has 3 aromatic heterocycles. The van der Waals surface area contributed by atoms with Gasteiger partial charge >= 0.3 is 0 Å². The van der Waals surface area contributed by atoms with Gasteiger partial charge in [0.2, 0.25) is 0 Å². The first-order valence-corrected chi connectivity index (χ1v) is 10.9. The molecule has 1 atom stereocenters. The van der Waals surface area contributed by atoms with Crippen LogP contribution < -0.4 is 20.3 Å². The fraction of sp³-hybridized carbons (Fsp3) is 0.238. The number of methoxy groups -OCH3 is 2. The molecule has 0 aliphatic heterocycles. The average molecular weight is 428 g/mol. The van der Waals surface area contributed by atoms with E-state index in [0.717, 1.165) is 20.8 Å². The highest BCUT2D eigenvalue weighted by atomic mass is 32.1. The first kappa shape index (κ1) is 19.6. The first-order valence-electron chi connectivity index (χ1n) is 9.10. The summed E-state index contributed by atoms with van der Waals surface area (Å²) < 4.78 is 10.6. The Balaban J connectivity index is 1.55. The quantitative estimate of drug-likeness (QED) is 0.451. The molecule has 6 nitrogen and oxygen atoms in total. The van der Waals surface area contributed by atoms with Crippen molar-refractivity contribution in [1.82, 2.24) is 15.3 Å². The lowest BCUT2D eigenvalue weighted by Crippen LogP contribution is -2.23. The Bertz CT molecular complexity index is 1180. The number of ether oxygens (including phenoxy) is 2. The number of nitrogens with one attached hydrogen (secondary N) is 2. The zero-order valence-corrected chi connectivity index (χ0v) is 17.9. The maximum atomic E-state index is 12.8. The van der Waals surface area contributed by atoms with Crippen LogP contribution in [0.25, 0.3) is 20.7 Å². The second kappa shape index (κ2) is 8.36. The van der Waals surface area contributed by atoms with E-state index in [9.17, 15) is 4.79 Å². The molecule has 8 heteroatoms. The van der Waals surface area contributed by atoms with Crippen molar-refractivity contribution in [2.24, 2.45) is 0 Å². The van der Waals surface area contributed by atoms with Crippen LogP contribution in [0.1, 0.15) is 24.4 Å². The van der Waals surface area contributed by atoms with Crippen molar-refractivity contribution in [1.29, 1.82) is 0 Å². The number of aromatic nitrogens is 2. The number of H-pyrrole nitrogens is 1. The van der Waals surface area contributed by atoms with E-state index in [2.05, 4.69) is 10.3 Å². The maximum absolute atomic E-state index is 12.8. The Labute approximate surface area is 176 Å².